The lowest BCUT2D eigenvalue weighted by Gasteiger charge is -2.33. The summed E-state index contributed by atoms with van der Waals surface area (Å²) in [4.78, 5) is 14.3. The molecule has 0 aromatic carbocycles. The minimum atomic E-state index is -0.0506. The normalized spacial score (nSPS) is 23.9. The molecule has 0 aromatic rings. The van der Waals surface area contributed by atoms with Crippen molar-refractivity contribution in [1.82, 2.24) is 15.5 Å². The van der Waals surface area contributed by atoms with Crippen LogP contribution in [-0.4, -0.2) is 56.4 Å². The Morgan fingerprint density at radius 2 is 2.00 bits per heavy atom. The van der Waals surface area contributed by atoms with Crippen LogP contribution < -0.4 is 10.6 Å². The summed E-state index contributed by atoms with van der Waals surface area (Å²) >= 11 is 0. The summed E-state index contributed by atoms with van der Waals surface area (Å²) in [5.41, 5.74) is 0. The van der Waals surface area contributed by atoms with Crippen molar-refractivity contribution >= 4 is 6.03 Å². The van der Waals surface area contributed by atoms with E-state index in [0.717, 1.165) is 45.1 Å². The van der Waals surface area contributed by atoms with Crippen molar-refractivity contribution in [2.75, 3.05) is 39.3 Å². The van der Waals surface area contributed by atoms with Crippen molar-refractivity contribution in [3.8, 4) is 0 Å². The molecule has 23 heavy (non-hydrogen) atoms. The standard InChI is InChI=1S/C18H35N3O2/c1-15(2)13-21-10-11-23-17(14-21)12-20-18(22)19-9-8-16-6-4-3-5-7-16/h15-17H,3-14H2,1-2H3,(H2,19,20,22). The quantitative estimate of drug-likeness (QED) is 0.756. The van der Waals surface area contributed by atoms with E-state index < -0.39 is 0 Å². The first-order valence-corrected chi connectivity index (χ1v) is 9.49. The summed E-state index contributed by atoms with van der Waals surface area (Å²) in [6.07, 6.45) is 8.03. The van der Waals surface area contributed by atoms with Gasteiger partial charge in [-0.1, -0.05) is 46.0 Å². The molecule has 5 heteroatoms. The van der Waals surface area contributed by atoms with Crippen molar-refractivity contribution in [2.45, 2.75) is 58.5 Å². The maximum atomic E-state index is 11.9. The smallest absolute Gasteiger partial charge is 0.314 e. The summed E-state index contributed by atoms with van der Waals surface area (Å²) in [5, 5.41) is 5.96. The number of ether oxygens (including phenoxy) is 1. The van der Waals surface area contributed by atoms with Crippen molar-refractivity contribution in [3.63, 3.8) is 0 Å². The lowest BCUT2D eigenvalue weighted by Crippen LogP contribution is -2.49. The van der Waals surface area contributed by atoms with Gasteiger partial charge >= 0.3 is 6.03 Å². The Hall–Kier alpha value is -0.810. The predicted molar refractivity (Wildman–Crippen MR) is 93.6 cm³/mol. The van der Waals surface area contributed by atoms with Gasteiger partial charge in [-0.3, -0.25) is 4.90 Å². The van der Waals surface area contributed by atoms with E-state index in [-0.39, 0.29) is 12.1 Å². The van der Waals surface area contributed by atoms with Crippen LogP contribution in [0.15, 0.2) is 0 Å². The number of urea groups is 1. The van der Waals surface area contributed by atoms with Crippen LogP contribution in [0.25, 0.3) is 0 Å². The summed E-state index contributed by atoms with van der Waals surface area (Å²) in [6, 6.07) is -0.0506. The lowest BCUT2D eigenvalue weighted by molar-refractivity contribution is -0.0290. The molecule has 1 saturated carbocycles. The highest BCUT2D eigenvalue weighted by molar-refractivity contribution is 5.73. The van der Waals surface area contributed by atoms with E-state index in [1.165, 1.54) is 32.1 Å². The molecule has 0 spiro atoms. The molecule has 1 aliphatic carbocycles. The summed E-state index contributed by atoms with van der Waals surface area (Å²) in [7, 11) is 0. The largest absolute Gasteiger partial charge is 0.374 e. The number of carbonyl (C=O) groups is 1. The summed E-state index contributed by atoms with van der Waals surface area (Å²) < 4.78 is 5.76. The van der Waals surface area contributed by atoms with E-state index in [1.807, 2.05) is 0 Å². The minimum absolute atomic E-state index is 0.0506. The third kappa shape index (κ3) is 7.53. The zero-order valence-corrected chi connectivity index (χ0v) is 15.0. The Kier molecular flexibility index (Phi) is 8.17. The molecule has 2 N–H and O–H groups in total. The van der Waals surface area contributed by atoms with Gasteiger partial charge in [0.15, 0.2) is 0 Å². The van der Waals surface area contributed by atoms with Gasteiger partial charge in [-0.05, 0) is 18.3 Å². The molecular weight excluding hydrogens is 290 g/mol. The number of hydrogen-bond acceptors (Lipinski definition) is 3. The monoisotopic (exact) mass is 325 g/mol. The number of amides is 2. The number of morpholine rings is 1. The summed E-state index contributed by atoms with van der Waals surface area (Å²) in [6.45, 7) is 9.66. The van der Waals surface area contributed by atoms with Gasteiger partial charge in [0.05, 0.1) is 12.7 Å². The van der Waals surface area contributed by atoms with Gasteiger partial charge < -0.3 is 15.4 Å². The van der Waals surface area contributed by atoms with Crippen LogP contribution in [0, 0.1) is 11.8 Å². The van der Waals surface area contributed by atoms with Gasteiger partial charge in [0.2, 0.25) is 0 Å². The number of nitrogens with zero attached hydrogens (tertiary/aromatic N) is 1. The molecule has 134 valence electrons. The molecule has 0 radical (unpaired) electrons. The van der Waals surface area contributed by atoms with Crippen LogP contribution in [0.1, 0.15) is 52.4 Å². The molecule has 1 heterocycles. The third-order valence-electron chi connectivity index (χ3n) is 4.90. The van der Waals surface area contributed by atoms with Crippen molar-refractivity contribution in [3.05, 3.63) is 0 Å². The van der Waals surface area contributed by atoms with Gasteiger partial charge in [-0.15, -0.1) is 0 Å². The molecule has 0 aromatic heterocycles. The topological polar surface area (TPSA) is 53.6 Å². The average molecular weight is 325 g/mol. The maximum absolute atomic E-state index is 11.9. The van der Waals surface area contributed by atoms with E-state index >= 15 is 0 Å². The fourth-order valence-electron chi connectivity index (χ4n) is 3.72. The highest BCUT2D eigenvalue weighted by Crippen LogP contribution is 2.25. The highest BCUT2D eigenvalue weighted by Gasteiger charge is 2.21. The van der Waals surface area contributed by atoms with Gasteiger partial charge in [0.25, 0.3) is 0 Å². The van der Waals surface area contributed by atoms with Crippen molar-refractivity contribution in [1.29, 1.82) is 0 Å². The number of carbonyl (C=O) groups excluding carboxylic acids is 1. The fourth-order valence-corrected chi connectivity index (χ4v) is 3.72. The predicted octanol–water partition coefficient (Wildman–Crippen LogP) is 2.61. The van der Waals surface area contributed by atoms with Gasteiger partial charge in [-0.2, -0.15) is 0 Å². The Morgan fingerprint density at radius 1 is 1.22 bits per heavy atom. The Bertz CT molecular complexity index is 343. The molecule has 2 amide bonds. The zero-order valence-electron chi connectivity index (χ0n) is 15.0. The van der Waals surface area contributed by atoms with E-state index in [1.54, 1.807) is 0 Å². The first-order valence-electron chi connectivity index (χ1n) is 9.49. The molecule has 2 rings (SSSR count). The molecule has 5 nitrogen and oxygen atoms in total. The summed E-state index contributed by atoms with van der Waals surface area (Å²) in [5.74, 6) is 1.49. The van der Waals surface area contributed by atoms with E-state index in [9.17, 15) is 4.79 Å². The third-order valence-corrected chi connectivity index (χ3v) is 4.90. The Labute approximate surface area is 141 Å². The van der Waals surface area contributed by atoms with Crippen LogP contribution >= 0.6 is 0 Å². The fraction of sp³-hybridized carbons (Fsp3) is 0.944. The molecule has 1 atom stereocenters. The Morgan fingerprint density at radius 3 is 2.74 bits per heavy atom. The molecule has 1 saturated heterocycles. The first kappa shape index (κ1) is 18.5. The molecular formula is C18H35N3O2. The van der Waals surface area contributed by atoms with Crippen LogP contribution in [0.4, 0.5) is 4.79 Å². The maximum Gasteiger partial charge on any atom is 0.314 e. The minimum Gasteiger partial charge on any atom is -0.374 e. The van der Waals surface area contributed by atoms with E-state index in [0.29, 0.717) is 12.5 Å². The molecule has 0 bridgehead atoms. The second kappa shape index (κ2) is 10.1. The van der Waals surface area contributed by atoms with Crippen molar-refractivity contribution in [2.24, 2.45) is 11.8 Å². The van der Waals surface area contributed by atoms with Gasteiger partial charge in [0.1, 0.15) is 0 Å². The van der Waals surface area contributed by atoms with Crippen LogP contribution in [0.2, 0.25) is 0 Å². The van der Waals surface area contributed by atoms with E-state index in [2.05, 4.69) is 29.4 Å². The Balaban J connectivity index is 1.54. The second-order valence-electron chi connectivity index (χ2n) is 7.58. The van der Waals surface area contributed by atoms with E-state index in [4.69, 9.17) is 4.74 Å². The van der Waals surface area contributed by atoms with Gasteiger partial charge in [-0.25, -0.2) is 4.79 Å². The molecule has 2 fully saturated rings. The van der Waals surface area contributed by atoms with Crippen LogP contribution in [0.5, 0.6) is 0 Å². The zero-order chi connectivity index (χ0) is 16.5. The number of rotatable bonds is 7. The molecule has 1 unspecified atom stereocenters. The molecule has 2 aliphatic rings. The highest BCUT2D eigenvalue weighted by atomic mass is 16.5. The van der Waals surface area contributed by atoms with Crippen LogP contribution in [-0.2, 0) is 4.74 Å². The number of nitrogens with one attached hydrogen (secondary N) is 2. The van der Waals surface area contributed by atoms with Crippen molar-refractivity contribution < 1.29 is 9.53 Å². The first-order chi connectivity index (χ1) is 11.1. The van der Waals surface area contributed by atoms with Crippen LogP contribution in [0.3, 0.4) is 0 Å². The number of hydrogen-bond donors (Lipinski definition) is 2. The van der Waals surface area contributed by atoms with Gasteiger partial charge in [0, 0.05) is 32.7 Å². The lowest BCUT2D eigenvalue weighted by atomic mass is 9.87. The second-order valence-corrected chi connectivity index (χ2v) is 7.58. The SMILES string of the molecule is CC(C)CN1CCOC(CNC(=O)NCCC2CCCCC2)C1. The molecule has 1 aliphatic heterocycles. The average Bonchev–Trinajstić information content (AvgIpc) is 2.54.